The molecule has 1 aliphatic heterocycles. The van der Waals surface area contributed by atoms with Crippen molar-refractivity contribution < 1.29 is 9.53 Å². The molecule has 0 aliphatic carbocycles. The quantitative estimate of drug-likeness (QED) is 0.502. The highest BCUT2D eigenvalue weighted by atomic mass is 16.5. The third kappa shape index (κ3) is 3.61. The minimum absolute atomic E-state index is 0.161. The molecule has 7 heteroatoms. The number of anilines is 1. The van der Waals surface area contributed by atoms with Gasteiger partial charge in [-0.05, 0) is 55.7 Å². The fraction of sp³-hybridized carbons (Fsp3) is 0.217. The lowest BCUT2D eigenvalue weighted by molar-refractivity contribution is 0.103. The first kappa shape index (κ1) is 18.3. The Bertz CT molecular complexity index is 1150. The SMILES string of the molecule is O=C(c1ccc(Oc2nccnc2N2CCCCC2)cc1)c1nc2ccccc2[nH]1. The standard InChI is InChI=1S/C23H21N5O2/c29-20(21-26-18-6-2-3-7-19(18)27-21)16-8-10-17(11-9-16)30-23-22(24-12-13-25-23)28-14-4-1-5-15-28/h2-3,6-13H,1,4-5,14-15H2,(H,26,27). The number of imidazole rings is 1. The number of ketones is 1. The van der Waals surface area contributed by atoms with Gasteiger partial charge in [0.15, 0.2) is 11.6 Å². The third-order valence-electron chi connectivity index (χ3n) is 5.24. The Balaban J connectivity index is 1.35. The number of benzene rings is 2. The number of aromatic nitrogens is 4. The topological polar surface area (TPSA) is 84.0 Å². The van der Waals surface area contributed by atoms with E-state index in [0.717, 1.165) is 42.8 Å². The Morgan fingerprint density at radius 3 is 2.50 bits per heavy atom. The highest BCUT2D eigenvalue weighted by molar-refractivity contribution is 6.08. The van der Waals surface area contributed by atoms with Gasteiger partial charge >= 0.3 is 0 Å². The molecule has 0 amide bonds. The van der Waals surface area contributed by atoms with E-state index in [-0.39, 0.29) is 5.78 Å². The summed E-state index contributed by atoms with van der Waals surface area (Å²) in [5.74, 6) is 2.02. The van der Waals surface area contributed by atoms with Gasteiger partial charge in [0.1, 0.15) is 5.75 Å². The van der Waals surface area contributed by atoms with Gasteiger partial charge in [-0.25, -0.2) is 15.0 Å². The minimum atomic E-state index is -0.161. The zero-order valence-electron chi connectivity index (χ0n) is 16.4. The van der Waals surface area contributed by atoms with Crippen LogP contribution in [0.2, 0.25) is 0 Å². The van der Waals surface area contributed by atoms with Crippen molar-refractivity contribution in [2.75, 3.05) is 18.0 Å². The van der Waals surface area contributed by atoms with Crippen molar-refractivity contribution in [1.82, 2.24) is 19.9 Å². The predicted octanol–water partition coefficient (Wildman–Crippen LogP) is 4.37. The largest absolute Gasteiger partial charge is 0.436 e. The van der Waals surface area contributed by atoms with Crippen LogP contribution in [0, 0.1) is 0 Å². The van der Waals surface area contributed by atoms with Crippen LogP contribution < -0.4 is 9.64 Å². The van der Waals surface area contributed by atoms with Crippen molar-refractivity contribution in [2.24, 2.45) is 0 Å². The Morgan fingerprint density at radius 1 is 0.933 bits per heavy atom. The number of nitrogens with zero attached hydrogens (tertiary/aromatic N) is 4. The van der Waals surface area contributed by atoms with E-state index in [0.29, 0.717) is 23.0 Å². The summed E-state index contributed by atoms with van der Waals surface area (Å²) >= 11 is 0. The van der Waals surface area contributed by atoms with E-state index in [9.17, 15) is 4.79 Å². The highest BCUT2D eigenvalue weighted by Crippen LogP contribution is 2.30. The van der Waals surface area contributed by atoms with Gasteiger partial charge in [0.05, 0.1) is 11.0 Å². The first-order chi connectivity index (χ1) is 14.8. The molecule has 0 atom stereocenters. The van der Waals surface area contributed by atoms with Gasteiger partial charge in [0, 0.05) is 31.0 Å². The molecule has 0 spiro atoms. The maximum absolute atomic E-state index is 12.8. The fourth-order valence-electron chi connectivity index (χ4n) is 3.70. The number of H-pyrrole nitrogens is 1. The van der Waals surface area contributed by atoms with Crippen LogP contribution in [0.25, 0.3) is 11.0 Å². The summed E-state index contributed by atoms with van der Waals surface area (Å²) in [6.45, 7) is 1.92. The molecule has 150 valence electrons. The van der Waals surface area contributed by atoms with Crippen LogP contribution in [0.4, 0.5) is 5.82 Å². The lowest BCUT2D eigenvalue weighted by Crippen LogP contribution is -2.30. The summed E-state index contributed by atoms with van der Waals surface area (Å²) in [6, 6.07) is 14.6. The molecule has 1 N–H and O–H groups in total. The zero-order chi connectivity index (χ0) is 20.3. The number of carbonyl (C=O) groups excluding carboxylic acids is 1. The molecule has 4 aromatic rings. The van der Waals surface area contributed by atoms with E-state index in [1.54, 1.807) is 36.7 Å². The summed E-state index contributed by atoms with van der Waals surface area (Å²) in [7, 11) is 0. The highest BCUT2D eigenvalue weighted by Gasteiger charge is 2.19. The maximum Gasteiger partial charge on any atom is 0.263 e. The second kappa shape index (κ2) is 7.94. The summed E-state index contributed by atoms with van der Waals surface area (Å²) in [5.41, 5.74) is 2.15. The Hall–Kier alpha value is -3.74. The summed E-state index contributed by atoms with van der Waals surface area (Å²) in [4.78, 5) is 31.3. The fourth-order valence-corrected chi connectivity index (χ4v) is 3.70. The van der Waals surface area contributed by atoms with E-state index in [4.69, 9.17) is 4.74 Å². The number of ether oxygens (including phenoxy) is 1. The smallest absolute Gasteiger partial charge is 0.263 e. The van der Waals surface area contributed by atoms with Crippen LogP contribution in [-0.4, -0.2) is 38.8 Å². The van der Waals surface area contributed by atoms with Crippen LogP contribution in [0.5, 0.6) is 11.6 Å². The van der Waals surface area contributed by atoms with Crippen molar-refractivity contribution in [2.45, 2.75) is 19.3 Å². The van der Waals surface area contributed by atoms with Gasteiger partial charge in [-0.15, -0.1) is 0 Å². The van der Waals surface area contributed by atoms with Gasteiger partial charge < -0.3 is 14.6 Å². The van der Waals surface area contributed by atoms with Gasteiger partial charge in [-0.2, -0.15) is 0 Å². The van der Waals surface area contributed by atoms with Crippen LogP contribution >= 0.6 is 0 Å². The molecule has 2 aromatic heterocycles. The van der Waals surface area contributed by atoms with E-state index in [1.807, 2.05) is 24.3 Å². The number of para-hydroxylation sites is 2. The molecule has 0 bridgehead atoms. The molecule has 0 radical (unpaired) electrons. The average molecular weight is 399 g/mol. The molecule has 1 aliphatic rings. The van der Waals surface area contributed by atoms with Crippen LogP contribution in [-0.2, 0) is 0 Å². The number of fused-ring (bicyclic) bond motifs is 1. The molecule has 5 rings (SSSR count). The molecule has 3 heterocycles. The summed E-state index contributed by atoms with van der Waals surface area (Å²) in [6.07, 6.45) is 6.85. The van der Waals surface area contributed by atoms with E-state index in [1.165, 1.54) is 6.42 Å². The lowest BCUT2D eigenvalue weighted by Gasteiger charge is -2.28. The second-order valence-corrected chi connectivity index (χ2v) is 7.29. The van der Waals surface area contributed by atoms with Gasteiger partial charge in [-0.1, -0.05) is 12.1 Å². The Morgan fingerprint density at radius 2 is 1.70 bits per heavy atom. The summed E-state index contributed by atoms with van der Waals surface area (Å²) < 4.78 is 6.00. The van der Waals surface area contributed by atoms with Crippen LogP contribution in [0.1, 0.15) is 35.4 Å². The number of rotatable bonds is 5. The number of piperidine rings is 1. The minimum Gasteiger partial charge on any atom is -0.436 e. The molecular weight excluding hydrogens is 378 g/mol. The third-order valence-corrected chi connectivity index (χ3v) is 5.24. The molecular formula is C23H21N5O2. The van der Waals surface area contributed by atoms with Crippen LogP contribution in [0.15, 0.2) is 60.9 Å². The summed E-state index contributed by atoms with van der Waals surface area (Å²) in [5, 5.41) is 0. The number of hydrogen-bond donors (Lipinski definition) is 1. The number of carbonyl (C=O) groups is 1. The molecule has 1 saturated heterocycles. The van der Waals surface area contributed by atoms with E-state index < -0.39 is 0 Å². The lowest BCUT2D eigenvalue weighted by atomic mass is 10.1. The first-order valence-corrected chi connectivity index (χ1v) is 10.1. The predicted molar refractivity (Wildman–Crippen MR) is 114 cm³/mol. The van der Waals surface area contributed by atoms with Crippen molar-refractivity contribution >= 4 is 22.6 Å². The van der Waals surface area contributed by atoms with Gasteiger partial charge in [-0.3, -0.25) is 4.79 Å². The van der Waals surface area contributed by atoms with Gasteiger partial charge in [0.2, 0.25) is 5.78 Å². The zero-order valence-corrected chi connectivity index (χ0v) is 16.4. The van der Waals surface area contributed by atoms with Crippen molar-refractivity contribution in [1.29, 1.82) is 0 Å². The average Bonchev–Trinajstić information content (AvgIpc) is 3.24. The first-order valence-electron chi connectivity index (χ1n) is 10.1. The molecule has 1 fully saturated rings. The number of hydrogen-bond acceptors (Lipinski definition) is 6. The normalized spacial score (nSPS) is 14.1. The molecule has 30 heavy (non-hydrogen) atoms. The molecule has 0 unspecified atom stereocenters. The van der Waals surface area contributed by atoms with Gasteiger partial charge in [0.25, 0.3) is 5.88 Å². The Labute approximate surface area is 173 Å². The van der Waals surface area contributed by atoms with E-state index in [2.05, 4.69) is 24.8 Å². The monoisotopic (exact) mass is 399 g/mol. The number of nitrogens with one attached hydrogen (secondary N) is 1. The van der Waals surface area contributed by atoms with Crippen molar-refractivity contribution in [3.05, 3.63) is 72.3 Å². The van der Waals surface area contributed by atoms with Crippen molar-refractivity contribution in [3.8, 4) is 11.6 Å². The van der Waals surface area contributed by atoms with Crippen LogP contribution in [0.3, 0.4) is 0 Å². The molecule has 2 aromatic carbocycles. The van der Waals surface area contributed by atoms with E-state index >= 15 is 0 Å². The number of aromatic amines is 1. The Kier molecular flexibility index (Phi) is 4.85. The van der Waals surface area contributed by atoms with Crippen molar-refractivity contribution in [3.63, 3.8) is 0 Å². The second-order valence-electron chi connectivity index (χ2n) is 7.29. The molecule has 7 nitrogen and oxygen atoms in total. The molecule has 0 saturated carbocycles. The maximum atomic E-state index is 12.8.